The fourth-order valence-corrected chi connectivity index (χ4v) is 2.03. The Morgan fingerprint density at radius 3 is 2.37 bits per heavy atom. The van der Waals surface area contributed by atoms with Crippen molar-refractivity contribution in [3.05, 3.63) is 23.4 Å². The Morgan fingerprint density at radius 1 is 1.21 bits per heavy atom. The van der Waals surface area contributed by atoms with Gasteiger partial charge in [0.05, 0.1) is 0 Å². The van der Waals surface area contributed by atoms with Gasteiger partial charge >= 0.3 is 0 Å². The van der Waals surface area contributed by atoms with Gasteiger partial charge in [-0.05, 0) is 38.6 Å². The summed E-state index contributed by atoms with van der Waals surface area (Å²) in [7, 11) is 4.20. The van der Waals surface area contributed by atoms with Crippen molar-refractivity contribution in [2.75, 3.05) is 38.6 Å². The first kappa shape index (κ1) is 15.9. The number of hydrogen-bond donors (Lipinski definition) is 1. The van der Waals surface area contributed by atoms with Crippen molar-refractivity contribution in [1.82, 2.24) is 9.88 Å². The van der Waals surface area contributed by atoms with Gasteiger partial charge in [-0.3, -0.25) is 0 Å². The van der Waals surface area contributed by atoms with E-state index < -0.39 is 0 Å². The second kappa shape index (κ2) is 7.46. The van der Waals surface area contributed by atoms with E-state index in [1.807, 2.05) is 6.92 Å². The molecular weight excluding hydrogens is 236 g/mol. The number of pyridine rings is 1. The van der Waals surface area contributed by atoms with E-state index in [9.17, 15) is 0 Å². The van der Waals surface area contributed by atoms with Gasteiger partial charge in [0.2, 0.25) is 0 Å². The number of hydrogen-bond acceptors (Lipinski definition) is 4. The van der Waals surface area contributed by atoms with E-state index in [1.54, 1.807) is 0 Å². The van der Waals surface area contributed by atoms with Crippen LogP contribution >= 0.6 is 0 Å². The summed E-state index contributed by atoms with van der Waals surface area (Å²) in [6.45, 7) is 10.1. The van der Waals surface area contributed by atoms with Crippen molar-refractivity contribution in [3.63, 3.8) is 0 Å². The van der Waals surface area contributed by atoms with E-state index in [0.29, 0.717) is 12.5 Å². The van der Waals surface area contributed by atoms with Crippen LogP contribution in [0.2, 0.25) is 0 Å². The van der Waals surface area contributed by atoms with Gasteiger partial charge < -0.3 is 15.5 Å². The molecule has 0 spiro atoms. The van der Waals surface area contributed by atoms with Crippen molar-refractivity contribution in [2.45, 2.75) is 27.3 Å². The van der Waals surface area contributed by atoms with Crippen LogP contribution in [0.3, 0.4) is 0 Å². The van der Waals surface area contributed by atoms with E-state index in [-0.39, 0.29) is 0 Å². The van der Waals surface area contributed by atoms with Crippen molar-refractivity contribution in [3.8, 4) is 0 Å². The Hall–Kier alpha value is -1.13. The summed E-state index contributed by atoms with van der Waals surface area (Å²) in [4.78, 5) is 9.26. The van der Waals surface area contributed by atoms with Gasteiger partial charge in [0.15, 0.2) is 0 Å². The number of nitrogens with two attached hydrogens (primary N) is 1. The van der Waals surface area contributed by atoms with Crippen LogP contribution in [0, 0.1) is 12.8 Å². The first-order valence-electron chi connectivity index (χ1n) is 7.00. The Bertz CT molecular complexity index is 388. The van der Waals surface area contributed by atoms with Gasteiger partial charge in [-0.15, -0.1) is 0 Å². The highest BCUT2D eigenvalue weighted by Gasteiger charge is 2.11. The van der Waals surface area contributed by atoms with Crippen LogP contribution in [0.15, 0.2) is 12.1 Å². The molecule has 0 aliphatic carbocycles. The van der Waals surface area contributed by atoms with Crippen LogP contribution in [-0.4, -0.2) is 43.6 Å². The van der Waals surface area contributed by atoms with Gasteiger partial charge in [0.1, 0.15) is 5.82 Å². The van der Waals surface area contributed by atoms with Crippen LogP contribution in [0.1, 0.15) is 25.1 Å². The smallest absolute Gasteiger partial charge is 0.128 e. The first-order chi connectivity index (χ1) is 8.93. The minimum atomic E-state index is 0.557. The third-order valence-corrected chi connectivity index (χ3v) is 3.13. The molecule has 0 radical (unpaired) electrons. The van der Waals surface area contributed by atoms with Gasteiger partial charge in [0.25, 0.3) is 0 Å². The molecule has 19 heavy (non-hydrogen) atoms. The summed E-state index contributed by atoms with van der Waals surface area (Å²) in [6.07, 6.45) is 0. The van der Waals surface area contributed by atoms with Gasteiger partial charge in [0, 0.05) is 31.9 Å². The molecule has 0 aromatic carbocycles. The molecular formula is C15H28N4. The standard InChI is InChI=1S/C15H28N4/c1-12(2)11-19(9-8-18(4)5)15-7-6-14(10-16)13(3)17-15/h6-7,12H,8-11,16H2,1-5H3. The molecule has 0 aliphatic heterocycles. The van der Waals surface area contributed by atoms with Crippen LogP contribution in [0.4, 0.5) is 5.82 Å². The molecule has 0 amide bonds. The van der Waals surface area contributed by atoms with Crippen LogP contribution < -0.4 is 10.6 Å². The lowest BCUT2D eigenvalue weighted by molar-refractivity contribution is 0.408. The predicted molar refractivity (Wildman–Crippen MR) is 82.5 cm³/mol. The average Bonchev–Trinajstić information content (AvgIpc) is 2.33. The van der Waals surface area contributed by atoms with Gasteiger partial charge in [-0.1, -0.05) is 19.9 Å². The topological polar surface area (TPSA) is 45.4 Å². The summed E-state index contributed by atoms with van der Waals surface area (Å²) in [5, 5.41) is 0. The second-order valence-corrected chi connectivity index (χ2v) is 5.76. The molecule has 0 bridgehead atoms. The number of nitrogens with zero attached hydrogens (tertiary/aromatic N) is 3. The number of likely N-dealkylation sites (N-methyl/N-ethyl adjacent to an activating group) is 1. The maximum Gasteiger partial charge on any atom is 0.128 e. The minimum Gasteiger partial charge on any atom is -0.355 e. The molecule has 0 unspecified atom stereocenters. The zero-order valence-corrected chi connectivity index (χ0v) is 13.0. The zero-order chi connectivity index (χ0) is 14.4. The number of aromatic nitrogens is 1. The van der Waals surface area contributed by atoms with Gasteiger partial charge in [-0.2, -0.15) is 0 Å². The molecule has 0 saturated heterocycles. The van der Waals surface area contributed by atoms with Crippen molar-refractivity contribution in [2.24, 2.45) is 11.7 Å². The van der Waals surface area contributed by atoms with Crippen molar-refractivity contribution in [1.29, 1.82) is 0 Å². The summed E-state index contributed by atoms with van der Waals surface area (Å²) in [6, 6.07) is 4.19. The number of anilines is 1. The minimum absolute atomic E-state index is 0.557. The molecule has 0 aliphatic rings. The molecule has 4 nitrogen and oxygen atoms in total. The Morgan fingerprint density at radius 2 is 1.89 bits per heavy atom. The SMILES string of the molecule is Cc1nc(N(CCN(C)C)CC(C)C)ccc1CN. The molecule has 1 aromatic rings. The predicted octanol–water partition coefficient (Wildman–Crippen LogP) is 1.87. The molecule has 2 N–H and O–H groups in total. The van der Waals surface area contributed by atoms with Crippen LogP contribution in [0.25, 0.3) is 0 Å². The molecule has 1 heterocycles. The lowest BCUT2D eigenvalue weighted by Crippen LogP contribution is -2.35. The van der Waals surface area contributed by atoms with Crippen LogP contribution in [-0.2, 0) is 6.54 Å². The first-order valence-corrected chi connectivity index (χ1v) is 7.00. The Balaban J connectivity index is 2.86. The summed E-state index contributed by atoms with van der Waals surface area (Å²) in [5.41, 5.74) is 7.86. The third kappa shape index (κ3) is 5.17. The van der Waals surface area contributed by atoms with Crippen LogP contribution in [0.5, 0.6) is 0 Å². The highest BCUT2D eigenvalue weighted by Crippen LogP contribution is 2.16. The van der Waals surface area contributed by atoms with E-state index in [2.05, 4.69) is 49.9 Å². The summed E-state index contributed by atoms with van der Waals surface area (Å²) < 4.78 is 0. The van der Waals surface area contributed by atoms with E-state index >= 15 is 0 Å². The van der Waals surface area contributed by atoms with Crippen molar-refractivity contribution < 1.29 is 0 Å². The van der Waals surface area contributed by atoms with Gasteiger partial charge in [-0.25, -0.2) is 4.98 Å². The lowest BCUT2D eigenvalue weighted by Gasteiger charge is -2.27. The van der Waals surface area contributed by atoms with E-state index in [4.69, 9.17) is 10.7 Å². The van der Waals surface area contributed by atoms with E-state index in [1.165, 1.54) is 0 Å². The molecule has 108 valence electrons. The largest absolute Gasteiger partial charge is 0.355 e. The quantitative estimate of drug-likeness (QED) is 0.816. The second-order valence-electron chi connectivity index (χ2n) is 5.76. The maximum absolute atomic E-state index is 5.70. The highest BCUT2D eigenvalue weighted by molar-refractivity contribution is 5.41. The fourth-order valence-electron chi connectivity index (χ4n) is 2.03. The maximum atomic E-state index is 5.70. The third-order valence-electron chi connectivity index (χ3n) is 3.13. The molecule has 0 atom stereocenters. The monoisotopic (exact) mass is 264 g/mol. The normalized spacial score (nSPS) is 11.4. The molecule has 0 saturated carbocycles. The molecule has 1 aromatic heterocycles. The number of rotatable bonds is 7. The van der Waals surface area contributed by atoms with Crippen molar-refractivity contribution >= 4 is 5.82 Å². The lowest BCUT2D eigenvalue weighted by atomic mass is 10.2. The molecule has 0 fully saturated rings. The molecule has 1 rings (SSSR count). The summed E-state index contributed by atoms with van der Waals surface area (Å²) in [5.74, 6) is 1.68. The van der Waals surface area contributed by atoms with E-state index in [0.717, 1.165) is 36.7 Å². The fraction of sp³-hybridized carbons (Fsp3) is 0.667. The average molecular weight is 264 g/mol. The highest BCUT2D eigenvalue weighted by atomic mass is 15.2. The summed E-state index contributed by atoms with van der Waals surface area (Å²) >= 11 is 0. The molecule has 4 heteroatoms. The Kier molecular flexibility index (Phi) is 6.25. The Labute approximate surface area is 117 Å². The zero-order valence-electron chi connectivity index (χ0n) is 13.0. The number of aryl methyl sites for hydroxylation is 1.